The second kappa shape index (κ2) is 17.6. The van der Waals surface area contributed by atoms with E-state index in [4.69, 9.17) is 15.0 Å². The van der Waals surface area contributed by atoms with Crippen molar-refractivity contribution in [3.05, 3.63) is 0 Å². The molecule has 0 N–H and O–H groups in total. The predicted octanol–water partition coefficient (Wildman–Crippen LogP) is -8.26. The molecule has 0 saturated carbocycles. The second-order valence-corrected chi connectivity index (χ2v) is 1.59. The fraction of sp³-hybridized carbons (Fsp3) is 0.750. The van der Waals surface area contributed by atoms with Crippen LogP contribution in [0.5, 0.6) is 0 Å². The Morgan fingerprint density at radius 1 is 1.10 bits per heavy atom. The molecule has 10 heavy (non-hydrogen) atoms. The largest absolute Gasteiger partial charge is 1.00 e. The third-order valence-corrected chi connectivity index (χ3v) is 0. The molecule has 0 fully saturated rings. The molecule has 0 heterocycles. The number of rotatable bonds is 0. The van der Waals surface area contributed by atoms with E-state index in [1.807, 2.05) is 26.0 Å². The van der Waals surface area contributed by atoms with E-state index in [1.165, 1.54) is 0 Å². The second-order valence-electron chi connectivity index (χ2n) is 1.59. The normalized spacial score (nSPS) is 6.00. The molecule has 0 aromatic rings. The van der Waals surface area contributed by atoms with Gasteiger partial charge in [0.15, 0.2) is 0 Å². The van der Waals surface area contributed by atoms with Crippen LogP contribution in [0.3, 0.4) is 0 Å². The number of hydrogen-bond acceptors (Lipinski definition) is 4. The van der Waals surface area contributed by atoms with E-state index >= 15 is 0 Å². The van der Waals surface area contributed by atoms with Crippen molar-refractivity contribution < 1.29 is 118 Å². The van der Waals surface area contributed by atoms with Crippen molar-refractivity contribution in [1.82, 2.24) is 4.90 Å². The van der Waals surface area contributed by atoms with Crippen LogP contribution in [-0.2, 0) is 0 Å². The summed E-state index contributed by atoms with van der Waals surface area (Å²) in [5, 5.41) is 16.7. The summed E-state index contributed by atoms with van der Waals surface area (Å²) >= 11 is 0. The van der Waals surface area contributed by atoms with Gasteiger partial charge in [0, 0.05) is 0 Å². The van der Waals surface area contributed by atoms with E-state index in [0.29, 0.717) is 0 Å². The monoisotopic (exact) mass is 197 g/mol. The summed E-state index contributed by atoms with van der Waals surface area (Å²) < 4.78 is 0. The Labute approximate surface area is 146 Å². The molecule has 6 heteroatoms. The van der Waals surface area contributed by atoms with Gasteiger partial charge in [-0.25, -0.2) is 0 Å². The number of carboxylic acid groups (broad SMARTS) is 2. The molecule has 0 unspecified atom stereocenters. The van der Waals surface area contributed by atoms with Crippen molar-refractivity contribution >= 4 is 6.16 Å². The predicted molar refractivity (Wildman–Crippen MR) is 25.0 cm³/mol. The van der Waals surface area contributed by atoms with Crippen LogP contribution >= 0.6 is 0 Å². The molecular formula is C4H9K2NO3. The third kappa shape index (κ3) is 151. The van der Waals surface area contributed by atoms with Gasteiger partial charge in [0.05, 0.1) is 0 Å². The maximum Gasteiger partial charge on any atom is 1.00 e. The van der Waals surface area contributed by atoms with Gasteiger partial charge in [-0.3, -0.25) is 0 Å². The van der Waals surface area contributed by atoms with E-state index in [2.05, 4.69) is 0 Å². The smallest absolute Gasteiger partial charge is 0.652 e. The van der Waals surface area contributed by atoms with Crippen LogP contribution in [0.25, 0.3) is 0 Å². The Morgan fingerprint density at radius 3 is 1.10 bits per heavy atom. The molecule has 0 aliphatic rings. The molecular weight excluding hydrogens is 188 g/mol. The SMILES string of the molecule is CN(C)C.O=C([O-])[O-].[K+].[K+]. The molecule has 0 aromatic heterocycles. The summed E-state index contributed by atoms with van der Waals surface area (Å²) in [6.45, 7) is 0. The van der Waals surface area contributed by atoms with Crippen LogP contribution < -0.4 is 113 Å². The zero-order chi connectivity index (χ0) is 7.15. The maximum atomic E-state index is 8.33. The van der Waals surface area contributed by atoms with E-state index in [1.54, 1.807) is 0 Å². The number of carbonyl (C=O) groups is 1. The average molecular weight is 197 g/mol. The molecule has 0 spiro atoms. The number of carbonyl (C=O) groups excluding carboxylic acids is 1. The van der Waals surface area contributed by atoms with Crippen molar-refractivity contribution in [2.75, 3.05) is 21.1 Å². The molecule has 0 saturated heterocycles. The van der Waals surface area contributed by atoms with Gasteiger partial charge in [-0.2, -0.15) is 0 Å². The summed E-state index contributed by atoms with van der Waals surface area (Å²) in [5.74, 6) is 0. The third-order valence-electron chi connectivity index (χ3n) is 0. The van der Waals surface area contributed by atoms with Crippen LogP contribution in [0, 0.1) is 0 Å². The minimum absolute atomic E-state index is 0. The fourth-order valence-electron chi connectivity index (χ4n) is 0. The van der Waals surface area contributed by atoms with Crippen LogP contribution in [0.15, 0.2) is 0 Å². The first-order valence-corrected chi connectivity index (χ1v) is 1.95. The Hall–Kier alpha value is 2.50. The van der Waals surface area contributed by atoms with Gasteiger partial charge in [-0.15, -0.1) is 0 Å². The van der Waals surface area contributed by atoms with Gasteiger partial charge < -0.3 is 19.9 Å². The van der Waals surface area contributed by atoms with Gasteiger partial charge in [-0.05, 0) is 27.3 Å². The summed E-state index contributed by atoms with van der Waals surface area (Å²) in [7, 11) is 6.00. The minimum Gasteiger partial charge on any atom is -0.652 e. The molecule has 0 atom stereocenters. The summed E-state index contributed by atoms with van der Waals surface area (Å²) in [6.07, 6.45) is -2.33. The van der Waals surface area contributed by atoms with Crippen molar-refractivity contribution in [3.63, 3.8) is 0 Å². The Bertz CT molecular complexity index is 62.8. The first-order chi connectivity index (χ1) is 3.46. The first kappa shape index (κ1) is 22.9. The number of hydrogen-bond donors (Lipinski definition) is 0. The van der Waals surface area contributed by atoms with Gasteiger partial charge in [0.1, 0.15) is 0 Å². The van der Waals surface area contributed by atoms with E-state index in [0.717, 1.165) is 0 Å². The summed E-state index contributed by atoms with van der Waals surface area (Å²) in [4.78, 5) is 10.3. The Kier molecular flexibility index (Phi) is 40.2. The zero-order valence-corrected chi connectivity index (χ0v) is 13.4. The molecule has 4 nitrogen and oxygen atoms in total. The van der Waals surface area contributed by atoms with Crippen molar-refractivity contribution in [1.29, 1.82) is 0 Å². The molecule has 0 aliphatic heterocycles. The molecule has 0 aromatic carbocycles. The van der Waals surface area contributed by atoms with Gasteiger partial charge in [0.25, 0.3) is 0 Å². The zero-order valence-electron chi connectivity index (χ0n) is 7.17. The van der Waals surface area contributed by atoms with Crippen LogP contribution in [0.2, 0.25) is 0 Å². The number of nitrogens with zero attached hydrogens (tertiary/aromatic N) is 1. The van der Waals surface area contributed by atoms with Crippen molar-refractivity contribution in [2.45, 2.75) is 0 Å². The minimum atomic E-state index is -2.33. The van der Waals surface area contributed by atoms with E-state index in [-0.39, 0.29) is 103 Å². The maximum absolute atomic E-state index is 8.33. The average Bonchev–Trinajstić information content (AvgIpc) is 1.25. The van der Waals surface area contributed by atoms with Crippen molar-refractivity contribution in [3.8, 4) is 0 Å². The quantitative estimate of drug-likeness (QED) is 0.362. The van der Waals surface area contributed by atoms with Crippen LogP contribution in [0.4, 0.5) is 4.79 Å². The van der Waals surface area contributed by atoms with Gasteiger partial charge in [-0.1, -0.05) is 0 Å². The topological polar surface area (TPSA) is 66.4 Å². The summed E-state index contributed by atoms with van der Waals surface area (Å²) in [6, 6.07) is 0. The Morgan fingerprint density at radius 2 is 1.10 bits per heavy atom. The van der Waals surface area contributed by atoms with Crippen LogP contribution in [-0.4, -0.2) is 32.2 Å². The summed E-state index contributed by atoms with van der Waals surface area (Å²) in [5.41, 5.74) is 0. The van der Waals surface area contributed by atoms with E-state index < -0.39 is 6.16 Å². The van der Waals surface area contributed by atoms with Crippen LogP contribution in [0.1, 0.15) is 0 Å². The van der Waals surface area contributed by atoms with Gasteiger partial charge >= 0.3 is 103 Å². The molecule has 0 rings (SSSR count). The fourth-order valence-corrected chi connectivity index (χ4v) is 0. The molecule has 0 bridgehead atoms. The molecule has 0 amide bonds. The van der Waals surface area contributed by atoms with Crippen molar-refractivity contribution in [2.24, 2.45) is 0 Å². The standard InChI is InChI=1S/C3H9N.CH2O3.2K/c1-4(2)3;2-1(3)4;;/h1-3H3;(H2,2,3,4);;/q;;2*+1/p-2. The molecule has 0 radical (unpaired) electrons. The Balaban J connectivity index is -0.0000000300. The first-order valence-electron chi connectivity index (χ1n) is 1.95. The molecule has 50 valence electrons. The molecule has 0 aliphatic carbocycles. The van der Waals surface area contributed by atoms with Gasteiger partial charge in [0.2, 0.25) is 0 Å². The van der Waals surface area contributed by atoms with E-state index in [9.17, 15) is 0 Å².